The summed E-state index contributed by atoms with van der Waals surface area (Å²) in [5.41, 5.74) is 2.08. The van der Waals surface area contributed by atoms with Crippen molar-refractivity contribution in [2.75, 3.05) is 32.5 Å². The summed E-state index contributed by atoms with van der Waals surface area (Å²) in [6.45, 7) is 4.74. The number of carbonyl (C=O) groups excluding carboxylic acids is 1. The number of nitrogens with zero attached hydrogens (tertiary/aromatic N) is 1. The Hall–Kier alpha value is -1.39. The van der Waals surface area contributed by atoms with E-state index in [1.54, 1.807) is 0 Å². The molecular formula is C15H23N3O. The zero-order valence-corrected chi connectivity index (χ0v) is 11.9. The van der Waals surface area contributed by atoms with Crippen molar-refractivity contribution >= 4 is 11.6 Å². The third kappa shape index (κ3) is 3.55. The van der Waals surface area contributed by atoms with Gasteiger partial charge in [-0.05, 0) is 44.7 Å². The van der Waals surface area contributed by atoms with Gasteiger partial charge in [-0.2, -0.15) is 0 Å². The molecule has 1 atom stereocenters. The zero-order valence-electron chi connectivity index (χ0n) is 11.9. The van der Waals surface area contributed by atoms with E-state index in [1.165, 1.54) is 0 Å². The van der Waals surface area contributed by atoms with E-state index < -0.39 is 0 Å². The molecule has 4 heteroatoms. The molecule has 1 aromatic carbocycles. The van der Waals surface area contributed by atoms with Crippen molar-refractivity contribution in [1.29, 1.82) is 0 Å². The molecule has 0 aliphatic carbocycles. The van der Waals surface area contributed by atoms with Crippen molar-refractivity contribution < 1.29 is 4.79 Å². The van der Waals surface area contributed by atoms with Crippen LogP contribution in [0.5, 0.6) is 0 Å². The molecule has 2 N–H and O–H groups in total. The topological polar surface area (TPSA) is 44.4 Å². The average Bonchev–Trinajstić information content (AvgIpc) is 2.28. The van der Waals surface area contributed by atoms with E-state index in [0.29, 0.717) is 5.92 Å². The highest BCUT2D eigenvalue weighted by molar-refractivity contribution is 5.93. The van der Waals surface area contributed by atoms with E-state index in [0.717, 1.165) is 30.9 Å². The number of carbonyl (C=O) groups is 1. The third-order valence-corrected chi connectivity index (χ3v) is 3.70. The molecule has 1 unspecified atom stereocenters. The van der Waals surface area contributed by atoms with Crippen molar-refractivity contribution in [3.05, 3.63) is 29.8 Å². The summed E-state index contributed by atoms with van der Waals surface area (Å²) in [4.78, 5) is 14.3. The molecule has 2 rings (SSSR count). The fraction of sp³-hybridized carbons (Fsp3) is 0.533. The van der Waals surface area contributed by atoms with Crippen molar-refractivity contribution in [2.24, 2.45) is 11.8 Å². The van der Waals surface area contributed by atoms with E-state index in [-0.39, 0.29) is 11.8 Å². The fourth-order valence-electron chi connectivity index (χ4n) is 2.25. The number of anilines is 1. The van der Waals surface area contributed by atoms with Crippen molar-refractivity contribution in [3.8, 4) is 0 Å². The normalized spacial score (nSPS) is 17.1. The van der Waals surface area contributed by atoms with Crippen LogP contribution in [0.2, 0.25) is 0 Å². The van der Waals surface area contributed by atoms with Gasteiger partial charge in [0, 0.05) is 18.2 Å². The highest BCUT2D eigenvalue weighted by Crippen LogP contribution is 2.21. The van der Waals surface area contributed by atoms with Crippen LogP contribution in [0.15, 0.2) is 24.3 Å². The predicted molar refractivity (Wildman–Crippen MR) is 78.0 cm³/mol. The van der Waals surface area contributed by atoms with Gasteiger partial charge in [0.05, 0.1) is 0 Å². The van der Waals surface area contributed by atoms with Crippen molar-refractivity contribution in [1.82, 2.24) is 10.2 Å². The van der Waals surface area contributed by atoms with Gasteiger partial charge in [-0.25, -0.2) is 0 Å². The smallest absolute Gasteiger partial charge is 0.227 e. The lowest BCUT2D eigenvalue weighted by Crippen LogP contribution is -2.48. The Labute approximate surface area is 115 Å². The number of hydrogen-bond acceptors (Lipinski definition) is 3. The molecule has 1 aliphatic rings. The van der Waals surface area contributed by atoms with Gasteiger partial charge in [0.25, 0.3) is 0 Å². The number of rotatable bonds is 5. The number of benzene rings is 1. The second-order valence-electron chi connectivity index (χ2n) is 5.59. The van der Waals surface area contributed by atoms with E-state index in [1.807, 2.05) is 39.2 Å². The van der Waals surface area contributed by atoms with Gasteiger partial charge in [-0.3, -0.25) is 4.79 Å². The Bertz CT molecular complexity index is 441. The van der Waals surface area contributed by atoms with Gasteiger partial charge in [0.15, 0.2) is 0 Å². The standard InChI is InChI=1S/C15H23N3O/c1-11(13-8-16-9-13)15(19)17-14-7-5-4-6-12(14)10-18(2)3/h4-7,11,13,16H,8-10H2,1-3H3,(H,17,19). The van der Waals surface area contributed by atoms with Crippen LogP contribution in [0.3, 0.4) is 0 Å². The molecule has 0 spiro atoms. The molecule has 0 aromatic heterocycles. The second kappa shape index (κ2) is 6.17. The Morgan fingerprint density at radius 2 is 2.11 bits per heavy atom. The lowest BCUT2D eigenvalue weighted by Gasteiger charge is -2.31. The molecule has 0 bridgehead atoms. The van der Waals surface area contributed by atoms with Crippen LogP contribution >= 0.6 is 0 Å². The first-order chi connectivity index (χ1) is 9.08. The largest absolute Gasteiger partial charge is 0.326 e. The number of nitrogens with one attached hydrogen (secondary N) is 2. The predicted octanol–water partition coefficient (Wildman–Crippen LogP) is 1.54. The first-order valence-corrected chi connectivity index (χ1v) is 6.82. The van der Waals surface area contributed by atoms with Crippen LogP contribution in [0.4, 0.5) is 5.69 Å². The van der Waals surface area contributed by atoms with Gasteiger partial charge in [-0.15, -0.1) is 0 Å². The van der Waals surface area contributed by atoms with E-state index in [9.17, 15) is 4.79 Å². The molecule has 0 radical (unpaired) electrons. The van der Waals surface area contributed by atoms with Gasteiger partial charge >= 0.3 is 0 Å². The first-order valence-electron chi connectivity index (χ1n) is 6.82. The summed E-state index contributed by atoms with van der Waals surface area (Å²) < 4.78 is 0. The van der Waals surface area contributed by atoms with Crippen molar-refractivity contribution in [2.45, 2.75) is 13.5 Å². The second-order valence-corrected chi connectivity index (χ2v) is 5.59. The molecule has 4 nitrogen and oxygen atoms in total. The molecule has 1 heterocycles. The summed E-state index contributed by atoms with van der Waals surface area (Å²) in [5.74, 6) is 0.660. The Morgan fingerprint density at radius 3 is 2.68 bits per heavy atom. The molecule has 1 amide bonds. The summed E-state index contributed by atoms with van der Waals surface area (Å²) >= 11 is 0. The van der Waals surface area contributed by atoms with E-state index in [2.05, 4.69) is 21.6 Å². The molecular weight excluding hydrogens is 238 g/mol. The highest BCUT2D eigenvalue weighted by atomic mass is 16.1. The number of para-hydroxylation sites is 1. The fourth-order valence-corrected chi connectivity index (χ4v) is 2.25. The zero-order chi connectivity index (χ0) is 13.8. The van der Waals surface area contributed by atoms with E-state index >= 15 is 0 Å². The maximum atomic E-state index is 12.2. The first kappa shape index (κ1) is 14.0. The van der Waals surface area contributed by atoms with Crippen LogP contribution in [0.1, 0.15) is 12.5 Å². The van der Waals surface area contributed by atoms with Gasteiger partial charge in [0.1, 0.15) is 0 Å². The SMILES string of the molecule is CC(C(=O)Nc1ccccc1CN(C)C)C1CNC1. The van der Waals surface area contributed by atoms with Gasteiger partial charge < -0.3 is 15.5 Å². The minimum Gasteiger partial charge on any atom is -0.326 e. The molecule has 104 valence electrons. The van der Waals surface area contributed by atoms with Gasteiger partial charge in [-0.1, -0.05) is 25.1 Å². The van der Waals surface area contributed by atoms with Crippen LogP contribution in [0.25, 0.3) is 0 Å². The maximum absolute atomic E-state index is 12.2. The lowest BCUT2D eigenvalue weighted by atomic mass is 9.88. The lowest BCUT2D eigenvalue weighted by molar-refractivity contribution is -0.121. The Kier molecular flexibility index (Phi) is 4.56. The van der Waals surface area contributed by atoms with Crippen LogP contribution in [-0.4, -0.2) is 38.0 Å². The highest BCUT2D eigenvalue weighted by Gasteiger charge is 2.28. The van der Waals surface area contributed by atoms with E-state index in [4.69, 9.17) is 0 Å². The minimum absolute atomic E-state index is 0.0636. The monoisotopic (exact) mass is 261 g/mol. The summed E-state index contributed by atoms with van der Waals surface area (Å²) in [5, 5.41) is 6.28. The molecule has 0 saturated carbocycles. The van der Waals surface area contributed by atoms with Crippen molar-refractivity contribution in [3.63, 3.8) is 0 Å². The Balaban J connectivity index is 2.03. The van der Waals surface area contributed by atoms with Crippen LogP contribution in [0, 0.1) is 11.8 Å². The minimum atomic E-state index is 0.0636. The number of amides is 1. The van der Waals surface area contributed by atoms with Crippen LogP contribution < -0.4 is 10.6 Å². The summed E-state index contributed by atoms with van der Waals surface area (Å²) in [7, 11) is 4.06. The molecule has 19 heavy (non-hydrogen) atoms. The Morgan fingerprint density at radius 1 is 1.42 bits per heavy atom. The summed E-state index contributed by atoms with van der Waals surface area (Å²) in [6.07, 6.45) is 0. The molecule has 1 aliphatic heterocycles. The maximum Gasteiger partial charge on any atom is 0.227 e. The quantitative estimate of drug-likeness (QED) is 0.845. The molecule has 1 saturated heterocycles. The number of hydrogen-bond donors (Lipinski definition) is 2. The molecule has 1 fully saturated rings. The third-order valence-electron chi connectivity index (χ3n) is 3.70. The average molecular weight is 261 g/mol. The summed E-state index contributed by atoms with van der Waals surface area (Å²) in [6, 6.07) is 8.01. The molecule has 1 aromatic rings. The van der Waals surface area contributed by atoms with Crippen LogP contribution in [-0.2, 0) is 11.3 Å². The van der Waals surface area contributed by atoms with Gasteiger partial charge in [0.2, 0.25) is 5.91 Å².